The van der Waals surface area contributed by atoms with Crippen LogP contribution in [0, 0.1) is 5.92 Å². The van der Waals surface area contributed by atoms with E-state index in [0.717, 1.165) is 20.8 Å². The Labute approximate surface area is 180 Å². The first-order valence-electron chi connectivity index (χ1n) is 9.87. The fourth-order valence-corrected chi connectivity index (χ4v) is 5.62. The number of sulfonamides is 1. The van der Waals surface area contributed by atoms with Crippen LogP contribution >= 0.6 is 11.3 Å². The van der Waals surface area contributed by atoms with Crippen LogP contribution in [0.1, 0.15) is 23.4 Å². The number of carbonyl (C=O) groups excluding carboxylic acids is 1. The van der Waals surface area contributed by atoms with Crippen molar-refractivity contribution >= 4 is 43.6 Å². The molecule has 1 aliphatic heterocycles. The van der Waals surface area contributed by atoms with E-state index in [4.69, 9.17) is 0 Å². The van der Waals surface area contributed by atoms with E-state index in [1.165, 1.54) is 9.71 Å². The first kappa shape index (κ1) is 20.7. The highest BCUT2D eigenvalue weighted by molar-refractivity contribution is 7.92. The average Bonchev–Trinajstić information content (AvgIpc) is 3.20. The number of benzene rings is 2. The Morgan fingerprint density at radius 3 is 2.53 bits per heavy atom. The molecule has 0 spiro atoms. The van der Waals surface area contributed by atoms with Crippen molar-refractivity contribution in [1.29, 1.82) is 0 Å². The number of piperidine rings is 1. The Morgan fingerprint density at radius 1 is 1.10 bits per heavy atom. The van der Waals surface area contributed by atoms with Gasteiger partial charge in [0.25, 0.3) is 0 Å². The van der Waals surface area contributed by atoms with Crippen LogP contribution in [-0.4, -0.2) is 36.7 Å². The topological polar surface area (TPSA) is 79.4 Å². The number of rotatable bonds is 6. The van der Waals surface area contributed by atoms with Crippen molar-refractivity contribution in [2.75, 3.05) is 13.1 Å². The lowest BCUT2D eigenvalue weighted by molar-refractivity contribution is -0.126. The molecule has 4 rings (SSSR count). The lowest BCUT2D eigenvalue weighted by atomic mass is 9.97. The molecule has 2 heterocycles. The van der Waals surface area contributed by atoms with E-state index in [-0.39, 0.29) is 11.8 Å². The Morgan fingerprint density at radius 2 is 1.80 bits per heavy atom. The molecule has 1 saturated heterocycles. The summed E-state index contributed by atoms with van der Waals surface area (Å²) in [6.45, 7) is 1.10. The fraction of sp³-hybridized carbons (Fsp3) is 0.273. The van der Waals surface area contributed by atoms with Gasteiger partial charge in [-0.2, -0.15) is 4.31 Å². The monoisotopic (exact) mass is 441 g/mol. The van der Waals surface area contributed by atoms with Crippen molar-refractivity contribution in [2.24, 2.45) is 5.92 Å². The minimum absolute atomic E-state index is 0.0360. The van der Waals surface area contributed by atoms with Crippen molar-refractivity contribution < 1.29 is 13.2 Å². The molecular formula is C22H23N3O3S2. The molecule has 1 aromatic heterocycles. The molecule has 6 nitrogen and oxygen atoms in total. The van der Waals surface area contributed by atoms with Gasteiger partial charge >= 0.3 is 0 Å². The van der Waals surface area contributed by atoms with Crippen molar-refractivity contribution in [3.63, 3.8) is 0 Å². The zero-order valence-corrected chi connectivity index (χ0v) is 18.0. The second-order valence-electron chi connectivity index (χ2n) is 7.22. The van der Waals surface area contributed by atoms with Crippen molar-refractivity contribution in [3.8, 4) is 0 Å². The van der Waals surface area contributed by atoms with Crippen LogP contribution in [0.2, 0.25) is 0 Å². The molecule has 30 heavy (non-hydrogen) atoms. The Hall–Kier alpha value is -2.55. The molecule has 0 atom stereocenters. The molecule has 0 unspecified atom stereocenters. The number of hydrogen-bond acceptors (Lipinski definition) is 5. The van der Waals surface area contributed by atoms with Crippen LogP contribution in [0.25, 0.3) is 16.3 Å². The van der Waals surface area contributed by atoms with Crippen molar-refractivity contribution in [2.45, 2.75) is 19.4 Å². The molecule has 1 aliphatic rings. The number of thiazole rings is 1. The van der Waals surface area contributed by atoms with Gasteiger partial charge < -0.3 is 5.32 Å². The number of amides is 1. The van der Waals surface area contributed by atoms with Gasteiger partial charge in [0.1, 0.15) is 5.01 Å². The summed E-state index contributed by atoms with van der Waals surface area (Å²) >= 11 is 1.57. The number of para-hydroxylation sites is 1. The summed E-state index contributed by atoms with van der Waals surface area (Å²) in [7, 11) is -3.49. The number of nitrogens with zero attached hydrogens (tertiary/aromatic N) is 2. The first-order chi connectivity index (χ1) is 14.5. The Bertz CT molecular complexity index is 1120. The van der Waals surface area contributed by atoms with Gasteiger partial charge in [-0.3, -0.25) is 4.79 Å². The molecule has 3 aromatic rings. The molecule has 1 amide bonds. The molecule has 156 valence electrons. The predicted octanol–water partition coefficient (Wildman–Crippen LogP) is 3.63. The first-order valence-corrected chi connectivity index (χ1v) is 12.2. The van der Waals surface area contributed by atoms with Crippen molar-refractivity contribution in [3.05, 3.63) is 70.6 Å². The molecule has 0 radical (unpaired) electrons. The third-order valence-corrected chi connectivity index (χ3v) is 7.77. The van der Waals surface area contributed by atoms with Crippen molar-refractivity contribution in [1.82, 2.24) is 14.6 Å². The van der Waals surface area contributed by atoms with E-state index in [1.54, 1.807) is 17.4 Å². The summed E-state index contributed by atoms with van der Waals surface area (Å²) in [6.07, 6.45) is 2.64. The number of fused-ring (bicyclic) bond motifs is 1. The second-order valence-corrected chi connectivity index (χ2v) is 10.2. The van der Waals surface area contributed by atoms with Crippen LogP contribution in [0.4, 0.5) is 0 Å². The quantitative estimate of drug-likeness (QED) is 0.634. The lowest BCUT2D eigenvalue weighted by Crippen LogP contribution is -2.42. The Kier molecular flexibility index (Phi) is 6.26. The second kappa shape index (κ2) is 9.07. The van der Waals surface area contributed by atoms with E-state index in [0.29, 0.717) is 32.5 Å². The molecule has 8 heteroatoms. The average molecular weight is 442 g/mol. The van der Waals surface area contributed by atoms with E-state index in [1.807, 2.05) is 54.6 Å². The van der Waals surface area contributed by atoms with Gasteiger partial charge in [0.05, 0.1) is 16.8 Å². The minimum Gasteiger partial charge on any atom is -0.349 e. The van der Waals surface area contributed by atoms with Gasteiger partial charge in [0, 0.05) is 24.4 Å². The summed E-state index contributed by atoms with van der Waals surface area (Å²) in [5.74, 6) is -0.213. The summed E-state index contributed by atoms with van der Waals surface area (Å²) in [4.78, 5) is 17.1. The van der Waals surface area contributed by atoms with E-state index in [9.17, 15) is 13.2 Å². The maximum atomic E-state index is 12.6. The third kappa shape index (κ3) is 4.95. The fourth-order valence-electron chi connectivity index (χ4n) is 3.49. The van der Waals surface area contributed by atoms with Gasteiger partial charge in [0.2, 0.25) is 15.9 Å². The molecule has 1 N–H and O–H groups in total. The molecule has 0 bridgehead atoms. The van der Waals surface area contributed by atoms with E-state index < -0.39 is 10.0 Å². The van der Waals surface area contributed by atoms with Crippen LogP contribution in [0.5, 0.6) is 0 Å². The third-order valence-electron chi connectivity index (χ3n) is 5.17. The molecular weight excluding hydrogens is 418 g/mol. The SMILES string of the molecule is O=C(NCc1nc2ccccc2s1)C1CCN(S(=O)(=O)/C=C/c2ccccc2)CC1. The summed E-state index contributed by atoms with van der Waals surface area (Å²) in [5, 5.41) is 5.07. The smallest absolute Gasteiger partial charge is 0.236 e. The number of carbonyl (C=O) groups is 1. The van der Waals surface area contributed by atoms with Crippen LogP contribution in [0.15, 0.2) is 60.0 Å². The number of hydrogen-bond donors (Lipinski definition) is 1. The molecule has 0 aliphatic carbocycles. The molecule has 1 fully saturated rings. The van der Waals surface area contributed by atoms with Crippen LogP contribution in [-0.2, 0) is 21.4 Å². The highest BCUT2D eigenvalue weighted by atomic mass is 32.2. The van der Waals surface area contributed by atoms with E-state index in [2.05, 4.69) is 10.3 Å². The zero-order chi connectivity index (χ0) is 21.0. The highest BCUT2D eigenvalue weighted by Crippen LogP contribution is 2.23. The van der Waals surface area contributed by atoms with Crippen LogP contribution < -0.4 is 5.32 Å². The zero-order valence-electron chi connectivity index (χ0n) is 16.4. The standard InChI is InChI=1S/C22H23N3O3S2/c26-22(23-16-21-24-19-8-4-5-9-20(19)29-21)18-10-13-25(14-11-18)30(27,28)15-12-17-6-2-1-3-7-17/h1-9,12,15,18H,10-11,13-14,16H2,(H,23,26)/b15-12+. The summed E-state index contributed by atoms with van der Waals surface area (Å²) in [6, 6.07) is 17.2. The lowest BCUT2D eigenvalue weighted by Gasteiger charge is -2.29. The molecule has 2 aromatic carbocycles. The Balaban J connectivity index is 1.29. The maximum absolute atomic E-state index is 12.6. The summed E-state index contributed by atoms with van der Waals surface area (Å²) < 4.78 is 27.7. The van der Waals surface area contributed by atoms with Crippen LogP contribution in [0.3, 0.4) is 0 Å². The van der Waals surface area contributed by atoms with Gasteiger partial charge in [0.15, 0.2) is 0 Å². The van der Waals surface area contributed by atoms with Gasteiger partial charge in [-0.1, -0.05) is 42.5 Å². The number of aromatic nitrogens is 1. The number of nitrogens with one attached hydrogen (secondary N) is 1. The highest BCUT2D eigenvalue weighted by Gasteiger charge is 2.29. The van der Waals surface area contributed by atoms with Gasteiger partial charge in [-0.05, 0) is 36.6 Å². The summed E-state index contributed by atoms with van der Waals surface area (Å²) in [5.41, 5.74) is 1.78. The van der Waals surface area contributed by atoms with Gasteiger partial charge in [-0.25, -0.2) is 13.4 Å². The minimum atomic E-state index is -3.49. The normalized spacial score (nSPS) is 16.3. The van der Waals surface area contributed by atoms with E-state index >= 15 is 0 Å². The molecule has 0 saturated carbocycles. The van der Waals surface area contributed by atoms with Gasteiger partial charge in [-0.15, -0.1) is 11.3 Å². The largest absolute Gasteiger partial charge is 0.349 e. The predicted molar refractivity (Wildman–Crippen MR) is 120 cm³/mol. The maximum Gasteiger partial charge on any atom is 0.236 e.